The first-order chi connectivity index (χ1) is 18.4. The van der Waals surface area contributed by atoms with Crippen LogP contribution in [0.25, 0.3) is 16.8 Å². The summed E-state index contributed by atoms with van der Waals surface area (Å²) < 4.78 is 7.68. The molecular formula is C30H33N5O3. The number of ether oxygens (including phenoxy) is 1. The van der Waals surface area contributed by atoms with E-state index in [1.807, 2.05) is 49.3 Å². The number of imidazole rings is 1. The van der Waals surface area contributed by atoms with Gasteiger partial charge in [-0.3, -0.25) is 18.9 Å². The zero-order valence-electron chi connectivity index (χ0n) is 21.9. The highest BCUT2D eigenvalue weighted by Gasteiger charge is 2.30. The van der Waals surface area contributed by atoms with Gasteiger partial charge in [0.15, 0.2) is 0 Å². The Morgan fingerprint density at radius 1 is 1.21 bits per heavy atom. The van der Waals surface area contributed by atoms with Gasteiger partial charge in [0.1, 0.15) is 18.6 Å². The normalized spacial score (nSPS) is 18.5. The highest BCUT2D eigenvalue weighted by atomic mass is 16.5. The van der Waals surface area contributed by atoms with Gasteiger partial charge >= 0.3 is 0 Å². The molecule has 2 aromatic carbocycles. The number of amides is 1. The maximum Gasteiger partial charge on any atom is 0.241 e. The molecule has 0 bridgehead atoms. The summed E-state index contributed by atoms with van der Waals surface area (Å²) in [4.78, 5) is 30.7. The molecule has 1 saturated heterocycles. The second kappa shape index (κ2) is 11.3. The molecule has 8 nitrogen and oxygen atoms in total. The molecule has 2 N–H and O–H groups in total. The van der Waals surface area contributed by atoms with Crippen LogP contribution < -0.4 is 10.6 Å². The van der Waals surface area contributed by atoms with Crippen LogP contribution in [0.1, 0.15) is 46.9 Å². The summed E-state index contributed by atoms with van der Waals surface area (Å²) in [6.07, 6.45) is 4.23. The molecule has 3 atom stereocenters. The van der Waals surface area contributed by atoms with Crippen molar-refractivity contribution in [1.82, 2.24) is 24.9 Å². The van der Waals surface area contributed by atoms with Crippen LogP contribution in [0.4, 0.5) is 0 Å². The summed E-state index contributed by atoms with van der Waals surface area (Å²) in [5.74, 6) is -0.0693. The topological polar surface area (TPSA) is 88.0 Å². The van der Waals surface area contributed by atoms with Gasteiger partial charge in [-0.25, -0.2) is 4.98 Å². The number of pyridine rings is 1. The smallest absolute Gasteiger partial charge is 0.241 e. The molecule has 3 unspecified atom stereocenters. The van der Waals surface area contributed by atoms with Crippen molar-refractivity contribution in [2.75, 3.05) is 13.7 Å². The van der Waals surface area contributed by atoms with Crippen LogP contribution in [0, 0.1) is 0 Å². The van der Waals surface area contributed by atoms with Gasteiger partial charge in [0.05, 0.1) is 30.3 Å². The van der Waals surface area contributed by atoms with Gasteiger partial charge in [0, 0.05) is 24.7 Å². The Morgan fingerprint density at radius 2 is 2.03 bits per heavy atom. The van der Waals surface area contributed by atoms with Crippen LogP contribution in [0.15, 0.2) is 73.2 Å². The SMILES string of the molecule is CC1NC(=O)C(N(C)Cc2cc(-c3cc(CNC(C)c4ccccc4)cc4cncn34)ccc2C=O)CO1. The molecule has 2 aromatic heterocycles. The molecule has 5 rings (SSSR count). The quantitative estimate of drug-likeness (QED) is 0.331. The summed E-state index contributed by atoms with van der Waals surface area (Å²) in [5.41, 5.74) is 6.77. The third-order valence-electron chi connectivity index (χ3n) is 7.16. The number of rotatable bonds is 9. The lowest BCUT2D eigenvalue weighted by Crippen LogP contribution is -2.55. The van der Waals surface area contributed by atoms with Crippen molar-refractivity contribution in [1.29, 1.82) is 0 Å². The lowest BCUT2D eigenvalue weighted by molar-refractivity contribution is -0.142. The van der Waals surface area contributed by atoms with Gasteiger partial charge in [-0.2, -0.15) is 0 Å². The van der Waals surface area contributed by atoms with Gasteiger partial charge in [0.2, 0.25) is 5.91 Å². The zero-order chi connectivity index (χ0) is 26.6. The van der Waals surface area contributed by atoms with Crippen molar-refractivity contribution in [3.8, 4) is 11.3 Å². The number of nitrogens with one attached hydrogen (secondary N) is 2. The van der Waals surface area contributed by atoms with Gasteiger partial charge in [0.25, 0.3) is 0 Å². The van der Waals surface area contributed by atoms with Crippen molar-refractivity contribution >= 4 is 17.7 Å². The molecular weight excluding hydrogens is 478 g/mol. The maximum absolute atomic E-state index is 12.5. The Hall–Kier alpha value is -3.85. The Bertz CT molecular complexity index is 1430. The number of nitrogens with zero attached hydrogens (tertiary/aromatic N) is 3. The van der Waals surface area contributed by atoms with Gasteiger partial charge in [-0.05, 0) is 61.3 Å². The van der Waals surface area contributed by atoms with Crippen molar-refractivity contribution in [2.24, 2.45) is 0 Å². The van der Waals surface area contributed by atoms with Crippen molar-refractivity contribution < 1.29 is 14.3 Å². The number of benzene rings is 2. The lowest BCUT2D eigenvalue weighted by Gasteiger charge is -2.33. The standard InChI is InChI=1S/C30H33N5O3/c1-20(23-7-5-4-6-8-23)32-14-22-11-27-15-31-19-35(27)28(12-22)24-9-10-25(17-36)26(13-24)16-34(3)29-18-38-21(2)33-30(29)37/h4-13,15,17,19-21,29,32H,14,16,18H2,1-3H3,(H,33,37). The summed E-state index contributed by atoms with van der Waals surface area (Å²) in [7, 11) is 1.87. The average molecular weight is 512 g/mol. The Balaban J connectivity index is 1.42. The van der Waals surface area contributed by atoms with Crippen LogP contribution in [-0.4, -0.2) is 52.4 Å². The number of hydrogen-bond donors (Lipinski definition) is 2. The van der Waals surface area contributed by atoms with Crippen LogP contribution in [0.3, 0.4) is 0 Å². The Morgan fingerprint density at radius 3 is 2.79 bits per heavy atom. The Labute approximate surface area is 222 Å². The van der Waals surface area contributed by atoms with E-state index in [0.29, 0.717) is 25.3 Å². The van der Waals surface area contributed by atoms with Gasteiger partial charge < -0.3 is 15.4 Å². The van der Waals surface area contributed by atoms with E-state index in [4.69, 9.17) is 4.74 Å². The highest BCUT2D eigenvalue weighted by molar-refractivity contribution is 5.83. The fraction of sp³-hybridized carbons (Fsp3) is 0.300. The molecule has 1 aliphatic heterocycles. The number of carbonyl (C=O) groups excluding carboxylic acids is 2. The Kier molecular flexibility index (Phi) is 7.64. The average Bonchev–Trinajstić information content (AvgIpc) is 3.40. The number of hydrogen-bond acceptors (Lipinski definition) is 6. The first-order valence-electron chi connectivity index (χ1n) is 12.9. The maximum atomic E-state index is 12.5. The molecule has 0 aliphatic carbocycles. The van der Waals surface area contributed by atoms with E-state index < -0.39 is 6.04 Å². The first-order valence-corrected chi connectivity index (χ1v) is 12.9. The number of likely N-dealkylation sites (N-methyl/N-ethyl adjacent to an activating group) is 1. The van der Waals surface area contributed by atoms with Crippen molar-refractivity contribution in [3.05, 3.63) is 95.4 Å². The molecule has 1 aliphatic rings. The summed E-state index contributed by atoms with van der Waals surface area (Å²) >= 11 is 0. The minimum atomic E-state index is -0.421. The van der Waals surface area contributed by atoms with Crippen LogP contribution in [0.2, 0.25) is 0 Å². The second-order valence-electron chi connectivity index (χ2n) is 9.90. The van der Waals surface area contributed by atoms with Crippen molar-refractivity contribution in [2.45, 2.75) is 45.2 Å². The monoisotopic (exact) mass is 511 g/mol. The molecule has 196 valence electrons. The molecule has 1 amide bonds. The minimum absolute atomic E-state index is 0.0693. The largest absolute Gasteiger partial charge is 0.357 e. The predicted molar refractivity (Wildman–Crippen MR) is 147 cm³/mol. The number of fused-ring (bicyclic) bond motifs is 1. The molecule has 0 radical (unpaired) electrons. The second-order valence-corrected chi connectivity index (χ2v) is 9.90. The highest BCUT2D eigenvalue weighted by Crippen LogP contribution is 2.27. The zero-order valence-corrected chi connectivity index (χ0v) is 21.9. The predicted octanol–water partition coefficient (Wildman–Crippen LogP) is 3.96. The number of aromatic nitrogens is 2. The lowest BCUT2D eigenvalue weighted by atomic mass is 10.00. The van der Waals surface area contributed by atoms with E-state index in [9.17, 15) is 9.59 Å². The molecule has 38 heavy (non-hydrogen) atoms. The van der Waals surface area contributed by atoms with E-state index in [1.165, 1.54) is 5.56 Å². The number of aldehydes is 1. The van der Waals surface area contributed by atoms with E-state index in [2.05, 4.69) is 63.3 Å². The third kappa shape index (κ3) is 5.52. The van der Waals surface area contributed by atoms with E-state index in [0.717, 1.165) is 34.2 Å². The van der Waals surface area contributed by atoms with Gasteiger partial charge in [-0.1, -0.05) is 42.5 Å². The van der Waals surface area contributed by atoms with Crippen LogP contribution in [0.5, 0.6) is 0 Å². The molecule has 4 aromatic rings. The minimum Gasteiger partial charge on any atom is -0.357 e. The molecule has 8 heteroatoms. The van der Waals surface area contributed by atoms with E-state index in [1.54, 1.807) is 6.33 Å². The van der Waals surface area contributed by atoms with Crippen LogP contribution in [-0.2, 0) is 22.6 Å². The van der Waals surface area contributed by atoms with E-state index in [-0.39, 0.29) is 18.2 Å². The van der Waals surface area contributed by atoms with Crippen molar-refractivity contribution in [3.63, 3.8) is 0 Å². The first kappa shape index (κ1) is 25.8. The summed E-state index contributed by atoms with van der Waals surface area (Å²) in [5, 5.41) is 6.44. The molecule has 0 spiro atoms. The number of carbonyl (C=O) groups is 2. The molecule has 1 fully saturated rings. The molecule has 0 saturated carbocycles. The summed E-state index contributed by atoms with van der Waals surface area (Å²) in [6, 6.07) is 20.3. The van der Waals surface area contributed by atoms with E-state index >= 15 is 0 Å². The fourth-order valence-corrected chi connectivity index (χ4v) is 4.92. The van der Waals surface area contributed by atoms with Crippen LogP contribution >= 0.6 is 0 Å². The third-order valence-corrected chi connectivity index (χ3v) is 7.16. The summed E-state index contributed by atoms with van der Waals surface area (Å²) in [6.45, 7) is 5.41. The van der Waals surface area contributed by atoms with Gasteiger partial charge in [-0.15, -0.1) is 0 Å². The fourth-order valence-electron chi connectivity index (χ4n) is 4.92. The molecule has 3 heterocycles.